The maximum absolute atomic E-state index is 13.5. The van der Waals surface area contributed by atoms with E-state index in [9.17, 15) is 23.5 Å². The first kappa shape index (κ1) is 19.5. The summed E-state index contributed by atoms with van der Waals surface area (Å²) in [6, 6.07) is 16.3. The fourth-order valence-corrected chi connectivity index (χ4v) is 3.53. The number of anilines is 1. The molecule has 0 bridgehead atoms. The molecule has 0 radical (unpaired) electrons. The second-order valence-corrected chi connectivity index (χ2v) is 7.06. The average molecular weight is 405 g/mol. The zero-order valence-electron chi connectivity index (χ0n) is 16.0. The molecule has 1 heterocycles. The van der Waals surface area contributed by atoms with Gasteiger partial charge in [0.15, 0.2) is 0 Å². The molecule has 150 valence electrons. The maximum Gasteiger partial charge on any atom is 0.300 e. The lowest BCUT2D eigenvalue weighted by atomic mass is 9.95. The van der Waals surface area contributed by atoms with Crippen molar-refractivity contribution in [2.75, 3.05) is 4.90 Å². The van der Waals surface area contributed by atoms with Crippen LogP contribution in [0.5, 0.6) is 0 Å². The van der Waals surface area contributed by atoms with Gasteiger partial charge in [-0.2, -0.15) is 0 Å². The van der Waals surface area contributed by atoms with Gasteiger partial charge in [0, 0.05) is 11.3 Å². The number of hydrogen-bond donors (Lipinski definition) is 1. The highest BCUT2D eigenvalue weighted by Gasteiger charge is 2.46. The highest BCUT2D eigenvalue weighted by atomic mass is 19.1. The molecule has 1 aliphatic heterocycles. The smallest absolute Gasteiger partial charge is 0.300 e. The van der Waals surface area contributed by atoms with Crippen molar-refractivity contribution in [2.24, 2.45) is 0 Å². The second kappa shape index (κ2) is 7.55. The van der Waals surface area contributed by atoms with Gasteiger partial charge in [0.05, 0.1) is 11.6 Å². The highest BCUT2D eigenvalue weighted by molar-refractivity contribution is 6.51. The minimum Gasteiger partial charge on any atom is -0.507 e. The number of carbonyl (C=O) groups excluding carboxylic acids is 2. The van der Waals surface area contributed by atoms with Gasteiger partial charge in [-0.1, -0.05) is 42.0 Å². The number of ketones is 1. The number of benzene rings is 3. The van der Waals surface area contributed by atoms with Gasteiger partial charge in [0.25, 0.3) is 11.7 Å². The van der Waals surface area contributed by atoms with Gasteiger partial charge in [0.1, 0.15) is 17.4 Å². The third kappa shape index (κ3) is 3.37. The van der Waals surface area contributed by atoms with Crippen LogP contribution < -0.4 is 4.90 Å². The minimum absolute atomic E-state index is 0.111. The quantitative estimate of drug-likeness (QED) is 0.383. The first-order valence-corrected chi connectivity index (χ1v) is 9.26. The second-order valence-electron chi connectivity index (χ2n) is 7.06. The van der Waals surface area contributed by atoms with Crippen LogP contribution in [-0.2, 0) is 9.59 Å². The summed E-state index contributed by atoms with van der Waals surface area (Å²) in [6.07, 6.45) is 0. The van der Waals surface area contributed by atoms with Crippen molar-refractivity contribution in [3.8, 4) is 0 Å². The number of amides is 1. The lowest BCUT2D eigenvalue weighted by molar-refractivity contribution is -0.132. The molecule has 0 unspecified atom stereocenters. The molecule has 3 aromatic rings. The normalized spacial score (nSPS) is 18.1. The number of Topliss-reactive ketones (excluding diaryl/α,β-unsaturated/α-hetero) is 1. The van der Waals surface area contributed by atoms with Crippen molar-refractivity contribution in [3.63, 3.8) is 0 Å². The van der Waals surface area contributed by atoms with Crippen molar-refractivity contribution in [2.45, 2.75) is 13.0 Å². The van der Waals surface area contributed by atoms with Gasteiger partial charge < -0.3 is 5.11 Å². The van der Waals surface area contributed by atoms with E-state index in [0.717, 1.165) is 5.56 Å². The largest absolute Gasteiger partial charge is 0.507 e. The predicted octanol–water partition coefficient (Wildman–Crippen LogP) is 4.90. The number of halogens is 2. The molecule has 1 N–H and O–H groups in total. The Morgan fingerprint density at radius 1 is 0.833 bits per heavy atom. The van der Waals surface area contributed by atoms with Gasteiger partial charge in [-0.05, 0) is 48.9 Å². The molecule has 4 nitrogen and oxygen atoms in total. The molecule has 30 heavy (non-hydrogen) atoms. The van der Waals surface area contributed by atoms with Crippen LogP contribution in [0.2, 0.25) is 0 Å². The van der Waals surface area contributed by atoms with Crippen molar-refractivity contribution >= 4 is 23.1 Å². The fraction of sp³-hybridized carbons (Fsp3) is 0.0833. The third-order valence-electron chi connectivity index (χ3n) is 5.06. The monoisotopic (exact) mass is 405 g/mol. The van der Waals surface area contributed by atoms with E-state index in [2.05, 4.69) is 0 Å². The van der Waals surface area contributed by atoms with Gasteiger partial charge >= 0.3 is 0 Å². The summed E-state index contributed by atoms with van der Waals surface area (Å²) in [5.41, 5.74) is 1.96. The SMILES string of the molecule is Cc1ccc(C(O)=C2C(=O)C(=O)N(c3ccc(F)cc3)[C@@H]2c2ccc(F)cc2)cc1. The van der Waals surface area contributed by atoms with Crippen LogP contribution in [0.4, 0.5) is 14.5 Å². The number of aliphatic hydroxyl groups excluding tert-OH is 1. The number of rotatable bonds is 3. The van der Waals surface area contributed by atoms with E-state index < -0.39 is 29.4 Å². The predicted molar refractivity (Wildman–Crippen MR) is 109 cm³/mol. The Balaban J connectivity index is 1.93. The number of aliphatic hydroxyl groups is 1. The summed E-state index contributed by atoms with van der Waals surface area (Å²) >= 11 is 0. The molecule has 0 saturated carbocycles. The number of hydrogen-bond acceptors (Lipinski definition) is 3. The zero-order chi connectivity index (χ0) is 21.4. The van der Waals surface area contributed by atoms with Crippen LogP contribution in [0.3, 0.4) is 0 Å². The van der Waals surface area contributed by atoms with Crippen molar-refractivity contribution in [1.82, 2.24) is 0 Å². The maximum atomic E-state index is 13.5. The summed E-state index contributed by atoms with van der Waals surface area (Å²) in [5.74, 6) is -3.02. The molecule has 1 amide bonds. The first-order valence-electron chi connectivity index (χ1n) is 9.26. The Morgan fingerprint density at radius 3 is 1.93 bits per heavy atom. The van der Waals surface area contributed by atoms with Gasteiger partial charge in [0.2, 0.25) is 0 Å². The van der Waals surface area contributed by atoms with Crippen LogP contribution in [-0.4, -0.2) is 16.8 Å². The van der Waals surface area contributed by atoms with Crippen molar-refractivity contribution in [1.29, 1.82) is 0 Å². The molecule has 3 aromatic carbocycles. The Hall–Kier alpha value is -3.80. The molecule has 4 rings (SSSR count). The Bertz CT molecular complexity index is 1150. The van der Waals surface area contributed by atoms with Gasteiger partial charge in [-0.3, -0.25) is 14.5 Å². The molecular weight excluding hydrogens is 388 g/mol. The third-order valence-corrected chi connectivity index (χ3v) is 5.06. The van der Waals surface area contributed by atoms with E-state index in [-0.39, 0.29) is 17.0 Å². The van der Waals surface area contributed by atoms with E-state index in [1.807, 2.05) is 6.92 Å². The van der Waals surface area contributed by atoms with Crippen molar-refractivity contribution in [3.05, 3.63) is 107 Å². The zero-order valence-corrected chi connectivity index (χ0v) is 16.0. The molecule has 1 fully saturated rings. The fourth-order valence-electron chi connectivity index (χ4n) is 3.53. The minimum atomic E-state index is -0.989. The number of carbonyl (C=O) groups is 2. The van der Waals surface area contributed by atoms with E-state index in [4.69, 9.17) is 0 Å². The van der Waals surface area contributed by atoms with Crippen LogP contribution >= 0.6 is 0 Å². The van der Waals surface area contributed by atoms with Crippen LogP contribution in [0.15, 0.2) is 78.4 Å². The number of nitrogens with zero attached hydrogens (tertiary/aromatic N) is 1. The molecule has 0 spiro atoms. The topological polar surface area (TPSA) is 57.6 Å². The molecule has 6 heteroatoms. The van der Waals surface area contributed by atoms with Gasteiger partial charge in [-0.25, -0.2) is 8.78 Å². The summed E-state index contributed by atoms with van der Waals surface area (Å²) in [5, 5.41) is 10.9. The lowest BCUT2D eigenvalue weighted by Crippen LogP contribution is -2.29. The van der Waals surface area contributed by atoms with Gasteiger partial charge in [-0.15, -0.1) is 0 Å². The summed E-state index contributed by atoms with van der Waals surface area (Å²) < 4.78 is 26.9. The molecular formula is C24H17F2NO3. The highest BCUT2D eigenvalue weighted by Crippen LogP contribution is 2.42. The van der Waals surface area contributed by atoms with Crippen LogP contribution in [0, 0.1) is 18.6 Å². The van der Waals surface area contributed by atoms with E-state index in [1.54, 1.807) is 24.3 Å². The Labute approximate surface area is 171 Å². The lowest BCUT2D eigenvalue weighted by Gasteiger charge is -2.25. The summed E-state index contributed by atoms with van der Waals surface area (Å²) in [7, 11) is 0. The Kier molecular flexibility index (Phi) is 4.91. The van der Waals surface area contributed by atoms with Crippen molar-refractivity contribution < 1.29 is 23.5 Å². The summed E-state index contributed by atoms with van der Waals surface area (Å²) in [4.78, 5) is 27.0. The van der Waals surface area contributed by atoms with Crippen LogP contribution in [0.1, 0.15) is 22.7 Å². The molecule has 1 atom stereocenters. The molecule has 0 aromatic heterocycles. The van der Waals surface area contributed by atoms with Crippen LogP contribution in [0.25, 0.3) is 5.76 Å². The molecule has 0 aliphatic carbocycles. The molecule has 1 saturated heterocycles. The van der Waals surface area contributed by atoms with E-state index >= 15 is 0 Å². The summed E-state index contributed by atoms with van der Waals surface area (Å²) in [6.45, 7) is 1.88. The Morgan fingerprint density at radius 2 is 1.37 bits per heavy atom. The molecule has 1 aliphatic rings. The van der Waals surface area contributed by atoms with E-state index in [1.165, 1.54) is 53.4 Å². The number of aryl methyl sites for hydroxylation is 1. The average Bonchev–Trinajstić information content (AvgIpc) is 3.00. The standard InChI is InChI=1S/C24H17F2NO3/c1-14-2-4-16(5-3-14)22(28)20-21(15-6-8-17(25)9-7-15)27(24(30)23(20)29)19-12-10-18(26)11-13-19/h2-13,21,28H,1H3/t21-/m1/s1. The van der Waals surface area contributed by atoms with E-state index in [0.29, 0.717) is 11.1 Å². The first-order chi connectivity index (χ1) is 14.4.